The quantitative estimate of drug-likeness (QED) is 0.527. The van der Waals surface area contributed by atoms with Crippen LogP contribution in [-0.2, 0) is 6.18 Å². The lowest BCUT2D eigenvalue weighted by Gasteiger charge is -2.08. The highest BCUT2D eigenvalue weighted by molar-refractivity contribution is 5.61. The van der Waals surface area contributed by atoms with Crippen LogP contribution in [0.5, 0.6) is 0 Å². The van der Waals surface area contributed by atoms with Crippen LogP contribution in [0.3, 0.4) is 0 Å². The Morgan fingerprint density at radius 1 is 1.24 bits per heavy atom. The first-order valence-electron chi connectivity index (χ1n) is 4.69. The van der Waals surface area contributed by atoms with Gasteiger partial charge >= 0.3 is 6.18 Å². The second-order valence-electron chi connectivity index (χ2n) is 3.29. The van der Waals surface area contributed by atoms with E-state index in [4.69, 9.17) is 0 Å². The number of allylic oxidation sites excluding steroid dienone is 2. The molecule has 1 aromatic carbocycles. The van der Waals surface area contributed by atoms with Crippen molar-refractivity contribution >= 4 is 5.83 Å². The summed E-state index contributed by atoms with van der Waals surface area (Å²) in [6.45, 7) is 3.21. The molecule has 1 aromatic rings. The van der Waals surface area contributed by atoms with Gasteiger partial charge in [0.2, 0.25) is 0 Å². The van der Waals surface area contributed by atoms with E-state index in [1.165, 1.54) is 0 Å². The molecule has 0 bridgehead atoms. The first kappa shape index (κ1) is 13.4. The maximum atomic E-state index is 13.4. The Hall–Kier alpha value is -1.65. The van der Waals surface area contributed by atoms with E-state index in [2.05, 4.69) is 6.58 Å². The second-order valence-corrected chi connectivity index (χ2v) is 3.29. The Morgan fingerprint density at radius 2 is 1.88 bits per heavy atom. The zero-order valence-electron chi connectivity index (χ0n) is 8.69. The van der Waals surface area contributed by atoms with Crippen molar-refractivity contribution in [1.82, 2.24) is 0 Å². The third-order valence-corrected chi connectivity index (χ3v) is 2.01. The summed E-state index contributed by atoms with van der Waals surface area (Å²) in [4.78, 5) is 0. The maximum absolute atomic E-state index is 13.4. The molecule has 0 heterocycles. The van der Waals surface area contributed by atoms with Gasteiger partial charge in [-0.2, -0.15) is 13.2 Å². The van der Waals surface area contributed by atoms with Crippen LogP contribution in [0.4, 0.5) is 22.0 Å². The van der Waals surface area contributed by atoms with Gasteiger partial charge in [-0.25, -0.2) is 8.78 Å². The molecule has 0 aliphatic heterocycles. The Balaban J connectivity index is 3.16. The summed E-state index contributed by atoms with van der Waals surface area (Å²) in [7, 11) is 0. The molecular formula is C12H9F5. The number of halogens is 5. The van der Waals surface area contributed by atoms with Crippen LogP contribution in [-0.4, -0.2) is 0 Å². The maximum Gasteiger partial charge on any atom is 0.416 e. The Kier molecular flexibility index (Phi) is 4.04. The van der Waals surface area contributed by atoms with Gasteiger partial charge in [0.15, 0.2) is 5.83 Å². The Morgan fingerprint density at radius 3 is 2.41 bits per heavy atom. The van der Waals surface area contributed by atoms with Gasteiger partial charge in [-0.05, 0) is 12.1 Å². The van der Waals surface area contributed by atoms with Crippen LogP contribution in [0.25, 0.3) is 5.83 Å². The molecule has 0 unspecified atom stereocenters. The third kappa shape index (κ3) is 3.41. The van der Waals surface area contributed by atoms with Crippen molar-refractivity contribution < 1.29 is 22.0 Å². The van der Waals surface area contributed by atoms with Crippen molar-refractivity contribution in [2.75, 3.05) is 0 Å². The zero-order chi connectivity index (χ0) is 13.1. The highest BCUT2D eigenvalue weighted by Crippen LogP contribution is 2.32. The summed E-state index contributed by atoms with van der Waals surface area (Å²) in [5.74, 6) is -2.43. The zero-order valence-corrected chi connectivity index (χ0v) is 8.69. The number of hydrogen-bond acceptors (Lipinski definition) is 0. The molecule has 92 valence electrons. The minimum Gasteiger partial charge on any atom is -0.208 e. The lowest BCUT2D eigenvalue weighted by molar-refractivity contribution is -0.137. The predicted molar refractivity (Wildman–Crippen MR) is 55.4 cm³/mol. The largest absolute Gasteiger partial charge is 0.416 e. The van der Waals surface area contributed by atoms with E-state index in [9.17, 15) is 22.0 Å². The molecule has 0 nitrogen and oxygen atoms in total. The SMILES string of the molecule is C=CC/C(F)=C(\F)c1cccc(C(F)(F)F)c1. The lowest BCUT2D eigenvalue weighted by atomic mass is 10.1. The van der Waals surface area contributed by atoms with Crippen LogP contribution in [0, 0.1) is 0 Å². The Bertz CT molecular complexity index is 442. The molecule has 0 amide bonds. The van der Waals surface area contributed by atoms with Gasteiger partial charge in [0.05, 0.1) is 5.56 Å². The monoisotopic (exact) mass is 248 g/mol. The van der Waals surface area contributed by atoms with E-state index in [0.717, 1.165) is 24.3 Å². The minimum atomic E-state index is -4.58. The first-order chi connectivity index (χ1) is 7.86. The van der Waals surface area contributed by atoms with E-state index in [0.29, 0.717) is 6.07 Å². The molecule has 0 atom stereocenters. The number of hydrogen-bond donors (Lipinski definition) is 0. The van der Waals surface area contributed by atoms with Gasteiger partial charge in [0, 0.05) is 12.0 Å². The van der Waals surface area contributed by atoms with Crippen molar-refractivity contribution in [1.29, 1.82) is 0 Å². The van der Waals surface area contributed by atoms with Gasteiger partial charge in [0.25, 0.3) is 0 Å². The third-order valence-electron chi connectivity index (χ3n) is 2.01. The number of alkyl halides is 3. The molecule has 0 saturated heterocycles. The molecule has 0 radical (unpaired) electrons. The summed E-state index contributed by atoms with van der Waals surface area (Å²) in [5.41, 5.74) is -1.45. The fourth-order valence-corrected chi connectivity index (χ4v) is 1.20. The van der Waals surface area contributed by atoms with E-state index in [1.54, 1.807) is 0 Å². The smallest absolute Gasteiger partial charge is 0.208 e. The van der Waals surface area contributed by atoms with Gasteiger partial charge in [0.1, 0.15) is 5.83 Å². The van der Waals surface area contributed by atoms with E-state index < -0.39 is 29.0 Å². The van der Waals surface area contributed by atoms with Crippen LogP contribution in [0.1, 0.15) is 17.5 Å². The highest BCUT2D eigenvalue weighted by atomic mass is 19.4. The summed E-state index contributed by atoms with van der Waals surface area (Å²) in [6.07, 6.45) is -3.81. The van der Waals surface area contributed by atoms with Crippen molar-refractivity contribution in [3.8, 4) is 0 Å². The number of benzene rings is 1. The molecular weight excluding hydrogens is 239 g/mol. The van der Waals surface area contributed by atoms with Gasteiger partial charge in [-0.15, -0.1) is 6.58 Å². The molecule has 0 aliphatic carbocycles. The summed E-state index contributed by atoms with van der Waals surface area (Å²) < 4.78 is 63.4. The van der Waals surface area contributed by atoms with Crippen molar-refractivity contribution in [2.24, 2.45) is 0 Å². The summed E-state index contributed by atoms with van der Waals surface area (Å²) in [5, 5.41) is 0. The van der Waals surface area contributed by atoms with Crippen molar-refractivity contribution in [3.63, 3.8) is 0 Å². The molecule has 0 spiro atoms. The molecule has 0 fully saturated rings. The molecule has 1 rings (SSSR count). The molecule has 0 saturated carbocycles. The van der Waals surface area contributed by atoms with Crippen molar-refractivity contribution in [3.05, 3.63) is 53.9 Å². The topological polar surface area (TPSA) is 0 Å². The average Bonchev–Trinajstić information content (AvgIpc) is 2.27. The van der Waals surface area contributed by atoms with Gasteiger partial charge in [-0.3, -0.25) is 0 Å². The van der Waals surface area contributed by atoms with Gasteiger partial charge in [-0.1, -0.05) is 18.2 Å². The molecule has 0 aliphatic rings. The molecule has 17 heavy (non-hydrogen) atoms. The van der Waals surface area contributed by atoms with E-state index in [-0.39, 0.29) is 6.42 Å². The average molecular weight is 248 g/mol. The van der Waals surface area contributed by atoms with E-state index >= 15 is 0 Å². The van der Waals surface area contributed by atoms with Crippen LogP contribution >= 0.6 is 0 Å². The lowest BCUT2D eigenvalue weighted by Crippen LogP contribution is -2.04. The summed E-state index contributed by atoms with van der Waals surface area (Å²) >= 11 is 0. The highest BCUT2D eigenvalue weighted by Gasteiger charge is 2.30. The molecule has 5 heteroatoms. The molecule has 0 aromatic heterocycles. The van der Waals surface area contributed by atoms with Gasteiger partial charge < -0.3 is 0 Å². The van der Waals surface area contributed by atoms with Crippen molar-refractivity contribution in [2.45, 2.75) is 12.6 Å². The van der Waals surface area contributed by atoms with Crippen LogP contribution in [0.15, 0.2) is 42.7 Å². The standard InChI is InChI=1S/C12H9F5/c1-2-4-10(13)11(14)8-5-3-6-9(7-8)12(15,16)17/h2-3,5-7H,1,4H2/b11-10+. The van der Waals surface area contributed by atoms with E-state index in [1.807, 2.05) is 0 Å². The minimum absolute atomic E-state index is 0.359. The predicted octanol–water partition coefficient (Wildman–Crippen LogP) is 4.89. The Labute approximate surface area is 95.1 Å². The fourth-order valence-electron chi connectivity index (χ4n) is 1.20. The van der Waals surface area contributed by atoms with Crippen LogP contribution < -0.4 is 0 Å². The second kappa shape index (κ2) is 5.12. The fraction of sp³-hybridized carbons (Fsp3) is 0.167. The normalized spacial score (nSPS) is 13.2. The number of rotatable bonds is 3. The first-order valence-corrected chi connectivity index (χ1v) is 4.69. The summed E-state index contributed by atoms with van der Waals surface area (Å²) in [6, 6.07) is 3.46. The molecule has 0 N–H and O–H groups in total. The van der Waals surface area contributed by atoms with Crippen LogP contribution in [0.2, 0.25) is 0 Å².